The Morgan fingerprint density at radius 2 is 1.91 bits per heavy atom. The Bertz CT molecular complexity index is 594. The van der Waals surface area contributed by atoms with E-state index in [9.17, 15) is 4.79 Å². The third-order valence-corrected chi connectivity index (χ3v) is 3.44. The topological polar surface area (TPSA) is 54.0 Å². The second-order valence-electron chi connectivity index (χ2n) is 6.09. The van der Waals surface area contributed by atoms with Crippen LogP contribution in [0.3, 0.4) is 0 Å². The molecule has 0 atom stereocenters. The molecule has 0 radical (unpaired) electrons. The summed E-state index contributed by atoms with van der Waals surface area (Å²) in [6, 6.07) is 14.2. The number of pyridine rings is 1. The van der Waals surface area contributed by atoms with Crippen molar-refractivity contribution in [1.29, 1.82) is 0 Å². The van der Waals surface area contributed by atoms with Gasteiger partial charge in [-0.25, -0.2) is 4.98 Å². The van der Waals surface area contributed by atoms with Gasteiger partial charge in [0.2, 0.25) is 5.91 Å². The molecular weight excluding hydrogens is 286 g/mol. The molecule has 4 nitrogen and oxygen atoms in total. The summed E-state index contributed by atoms with van der Waals surface area (Å²) in [5.74, 6) is 0.960. The van der Waals surface area contributed by atoms with Crippen LogP contribution in [0.5, 0.6) is 0 Å². The van der Waals surface area contributed by atoms with Crippen LogP contribution in [-0.4, -0.2) is 17.4 Å². The largest absolute Gasteiger partial charge is 0.384 e. The molecule has 0 aliphatic heterocycles. The van der Waals surface area contributed by atoms with Gasteiger partial charge in [0, 0.05) is 13.0 Å². The quantitative estimate of drug-likeness (QED) is 0.721. The fourth-order valence-electron chi connectivity index (χ4n) is 2.31. The van der Waals surface area contributed by atoms with Crippen molar-refractivity contribution in [3.63, 3.8) is 0 Å². The first-order valence-corrected chi connectivity index (χ1v) is 8.17. The van der Waals surface area contributed by atoms with Crippen LogP contribution in [-0.2, 0) is 11.2 Å². The van der Waals surface area contributed by atoms with Crippen molar-refractivity contribution >= 4 is 17.4 Å². The fraction of sp³-hybridized carbons (Fsp3) is 0.368. The summed E-state index contributed by atoms with van der Waals surface area (Å²) in [6.07, 6.45) is 4.40. The van der Waals surface area contributed by atoms with E-state index in [0.29, 0.717) is 18.2 Å². The molecule has 23 heavy (non-hydrogen) atoms. The number of rotatable bonds is 8. The van der Waals surface area contributed by atoms with Crippen molar-refractivity contribution < 1.29 is 4.79 Å². The van der Waals surface area contributed by atoms with Crippen LogP contribution >= 0.6 is 0 Å². The summed E-state index contributed by atoms with van der Waals surface area (Å²) >= 11 is 0. The minimum absolute atomic E-state index is 0.0103. The Labute approximate surface area is 138 Å². The highest BCUT2D eigenvalue weighted by molar-refractivity contribution is 5.89. The van der Waals surface area contributed by atoms with Gasteiger partial charge in [-0.1, -0.05) is 44.2 Å². The Balaban J connectivity index is 1.71. The number of carbonyl (C=O) groups excluding carboxylic acids is 1. The van der Waals surface area contributed by atoms with Crippen molar-refractivity contribution in [1.82, 2.24) is 4.98 Å². The summed E-state index contributed by atoms with van der Waals surface area (Å²) in [4.78, 5) is 16.0. The lowest BCUT2D eigenvalue weighted by atomic mass is 10.1. The fourth-order valence-corrected chi connectivity index (χ4v) is 2.31. The molecule has 1 heterocycles. The lowest BCUT2D eigenvalue weighted by Crippen LogP contribution is -2.14. The maximum Gasteiger partial charge on any atom is 0.225 e. The van der Waals surface area contributed by atoms with Crippen LogP contribution in [0.25, 0.3) is 0 Å². The summed E-state index contributed by atoms with van der Waals surface area (Å²) in [7, 11) is 0. The third kappa shape index (κ3) is 6.51. The molecule has 122 valence electrons. The van der Waals surface area contributed by atoms with Gasteiger partial charge in [0.15, 0.2) is 0 Å². The molecule has 0 unspecified atom stereocenters. The Morgan fingerprint density at radius 1 is 1.13 bits per heavy atom. The zero-order valence-electron chi connectivity index (χ0n) is 13.9. The van der Waals surface area contributed by atoms with Crippen LogP contribution in [0.2, 0.25) is 0 Å². The number of carbonyl (C=O) groups is 1. The van der Waals surface area contributed by atoms with E-state index in [1.807, 2.05) is 32.0 Å². The van der Waals surface area contributed by atoms with Crippen molar-refractivity contribution in [2.24, 2.45) is 5.92 Å². The van der Waals surface area contributed by atoms with Gasteiger partial charge in [0.1, 0.15) is 5.82 Å². The molecule has 0 aliphatic carbocycles. The maximum atomic E-state index is 11.7. The zero-order valence-corrected chi connectivity index (χ0v) is 13.9. The first-order chi connectivity index (χ1) is 11.1. The second-order valence-corrected chi connectivity index (χ2v) is 6.09. The number of aromatic nitrogens is 1. The molecule has 0 bridgehead atoms. The van der Waals surface area contributed by atoms with E-state index in [-0.39, 0.29) is 5.91 Å². The highest BCUT2D eigenvalue weighted by atomic mass is 16.1. The minimum Gasteiger partial charge on any atom is -0.384 e. The first kappa shape index (κ1) is 17.0. The molecule has 1 aromatic heterocycles. The monoisotopic (exact) mass is 311 g/mol. The Hall–Kier alpha value is -2.36. The third-order valence-electron chi connectivity index (χ3n) is 3.44. The average Bonchev–Trinajstić information content (AvgIpc) is 2.53. The average molecular weight is 311 g/mol. The van der Waals surface area contributed by atoms with Gasteiger partial charge in [0.05, 0.1) is 11.9 Å². The molecule has 1 amide bonds. The summed E-state index contributed by atoms with van der Waals surface area (Å²) < 4.78 is 0. The molecule has 0 saturated heterocycles. The Kier molecular flexibility index (Phi) is 6.60. The lowest BCUT2D eigenvalue weighted by Gasteiger charge is -2.09. The van der Waals surface area contributed by atoms with Crippen LogP contribution in [0.15, 0.2) is 48.7 Å². The van der Waals surface area contributed by atoms with E-state index in [0.717, 1.165) is 25.1 Å². The molecule has 1 aromatic carbocycles. The SMILES string of the molecule is CC(C)CC(=O)Nc1ccc(NCCCc2ccccc2)cn1. The number of hydrogen-bond donors (Lipinski definition) is 2. The van der Waals surface area contributed by atoms with Crippen LogP contribution in [0, 0.1) is 5.92 Å². The number of nitrogens with zero attached hydrogens (tertiary/aromatic N) is 1. The number of nitrogens with one attached hydrogen (secondary N) is 2. The van der Waals surface area contributed by atoms with E-state index in [2.05, 4.69) is 39.9 Å². The van der Waals surface area contributed by atoms with Gasteiger partial charge < -0.3 is 10.6 Å². The number of aryl methyl sites for hydroxylation is 1. The predicted octanol–water partition coefficient (Wildman–Crippen LogP) is 4.11. The lowest BCUT2D eigenvalue weighted by molar-refractivity contribution is -0.116. The van der Waals surface area contributed by atoms with E-state index in [1.165, 1.54) is 5.56 Å². The van der Waals surface area contributed by atoms with Gasteiger partial charge in [-0.15, -0.1) is 0 Å². The summed E-state index contributed by atoms with van der Waals surface area (Å²) in [5, 5.41) is 6.16. The van der Waals surface area contributed by atoms with Crippen LogP contribution in [0.1, 0.15) is 32.3 Å². The standard InChI is InChI=1S/C19H25N3O/c1-15(2)13-19(23)22-18-11-10-17(14-21-18)20-12-6-9-16-7-4-3-5-8-16/h3-5,7-8,10-11,14-15,20H,6,9,12-13H2,1-2H3,(H,21,22,23). The molecular formula is C19H25N3O. The van der Waals surface area contributed by atoms with E-state index < -0.39 is 0 Å². The smallest absolute Gasteiger partial charge is 0.225 e. The van der Waals surface area contributed by atoms with Gasteiger partial charge in [0.25, 0.3) is 0 Å². The van der Waals surface area contributed by atoms with Gasteiger partial charge in [-0.05, 0) is 36.5 Å². The highest BCUT2D eigenvalue weighted by Gasteiger charge is 2.05. The molecule has 0 aliphatic rings. The summed E-state index contributed by atoms with van der Waals surface area (Å²) in [5.41, 5.74) is 2.33. The van der Waals surface area contributed by atoms with Crippen molar-refractivity contribution in [3.8, 4) is 0 Å². The minimum atomic E-state index is 0.0103. The van der Waals surface area contributed by atoms with Gasteiger partial charge in [-0.3, -0.25) is 4.79 Å². The number of hydrogen-bond acceptors (Lipinski definition) is 3. The predicted molar refractivity (Wildman–Crippen MR) is 95.6 cm³/mol. The zero-order chi connectivity index (χ0) is 16.5. The van der Waals surface area contributed by atoms with Crippen molar-refractivity contribution in [2.75, 3.05) is 17.2 Å². The van der Waals surface area contributed by atoms with Crippen molar-refractivity contribution in [3.05, 3.63) is 54.2 Å². The number of anilines is 2. The molecule has 0 spiro atoms. The number of benzene rings is 1. The highest BCUT2D eigenvalue weighted by Crippen LogP contribution is 2.11. The van der Waals surface area contributed by atoms with Crippen molar-refractivity contribution in [2.45, 2.75) is 33.1 Å². The molecule has 2 N–H and O–H groups in total. The first-order valence-electron chi connectivity index (χ1n) is 8.17. The van der Waals surface area contributed by atoms with E-state index >= 15 is 0 Å². The van der Waals surface area contributed by atoms with Crippen LogP contribution in [0.4, 0.5) is 11.5 Å². The van der Waals surface area contributed by atoms with Gasteiger partial charge >= 0.3 is 0 Å². The molecule has 2 rings (SSSR count). The molecule has 0 fully saturated rings. The maximum absolute atomic E-state index is 11.7. The van der Waals surface area contributed by atoms with E-state index in [4.69, 9.17) is 0 Å². The van der Waals surface area contributed by atoms with E-state index in [1.54, 1.807) is 6.20 Å². The molecule has 4 heteroatoms. The number of amides is 1. The van der Waals surface area contributed by atoms with Gasteiger partial charge in [-0.2, -0.15) is 0 Å². The molecule has 2 aromatic rings. The second kappa shape index (κ2) is 8.93. The normalized spacial score (nSPS) is 10.6. The Morgan fingerprint density at radius 3 is 2.57 bits per heavy atom. The molecule has 0 saturated carbocycles. The summed E-state index contributed by atoms with van der Waals surface area (Å²) in [6.45, 7) is 4.95. The van der Waals surface area contributed by atoms with Crippen LogP contribution < -0.4 is 10.6 Å².